The molecule has 23 heavy (non-hydrogen) atoms. The van der Waals surface area contributed by atoms with Crippen molar-refractivity contribution in [2.45, 2.75) is 32.6 Å². The Bertz CT molecular complexity index is 811. The summed E-state index contributed by atoms with van der Waals surface area (Å²) in [4.78, 5) is 11.6. The minimum Gasteiger partial charge on any atom is -0.341 e. The number of aryl methyl sites for hydroxylation is 2. The number of thiophene rings is 1. The van der Waals surface area contributed by atoms with E-state index in [-0.39, 0.29) is 0 Å². The molecule has 3 nitrogen and oxygen atoms in total. The third-order valence-electron chi connectivity index (χ3n) is 4.70. The summed E-state index contributed by atoms with van der Waals surface area (Å²) in [5.41, 5.74) is 3.64. The summed E-state index contributed by atoms with van der Waals surface area (Å²) in [6.07, 6.45) is 2.36. The Labute approximate surface area is 141 Å². The molecule has 118 valence electrons. The van der Waals surface area contributed by atoms with Crippen molar-refractivity contribution in [3.05, 3.63) is 52.7 Å². The van der Waals surface area contributed by atoms with Gasteiger partial charge in [-0.2, -0.15) is 0 Å². The molecule has 4 heteroatoms. The molecule has 1 saturated heterocycles. The first-order valence-electron chi connectivity index (χ1n) is 8.24. The largest absolute Gasteiger partial charge is 0.341 e. The minimum absolute atomic E-state index is 0.660. The molecule has 0 saturated carbocycles. The standard InChI is InChI=1S/C19H21N3S/c1-13-11-14(2)21-19(20-13)22-9-7-15(8-10-22)17-12-23-18-6-4-3-5-16(17)18/h3-6,11-12,15H,7-10H2,1-2H3. The lowest BCUT2D eigenvalue weighted by Crippen LogP contribution is -2.34. The van der Waals surface area contributed by atoms with Gasteiger partial charge in [0, 0.05) is 29.2 Å². The Balaban J connectivity index is 1.53. The van der Waals surface area contributed by atoms with E-state index in [4.69, 9.17) is 0 Å². The molecule has 0 bridgehead atoms. The Morgan fingerprint density at radius 1 is 1.04 bits per heavy atom. The van der Waals surface area contributed by atoms with Crippen LogP contribution in [0.2, 0.25) is 0 Å². The quantitative estimate of drug-likeness (QED) is 0.685. The maximum Gasteiger partial charge on any atom is 0.225 e. The fraction of sp³-hybridized carbons (Fsp3) is 0.368. The van der Waals surface area contributed by atoms with Crippen molar-refractivity contribution in [3.8, 4) is 0 Å². The molecule has 0 aliphatic carbocycles. The second-order valence-corrected chi connectivity index (χ2v) is 7.31. The zero-order valence-electron chi connectivity index (χ0n) is 13.6. The number of anilines is 1. The van der Waals surface area contributed by atoms with Gasteiger partial charge in [0.25, 0.3) is 0 Å². The van der Waals surface area contributed by atoms with Crippen LogP contribution in [0, 0.1) is 13.8 Å². The van der Waals surface area contributed by atoms with Gasteiger partial charge in [0.05, 0.1) is 0 Å². The number of rotatable bonds is 2. The van der Waals surface area contributed by atoms with Crippen molar-refractivity contribution in [2.75, 3.05) is 18.0 Å². The van der Waals surface area contributed by atoms with E-state index in [0.717, 1.165) is 30.4 Å². The topological polar surface area (TPSA) is 29.0 Å². The summed E-state index contributed by atoms with van der Waals surface area (Å²) >= 11 is 1.87. The summed E-state index contributed by atoms with van der Waals surface area (Å²) in [5.74, 6) is 1.56. The lowest BCUT2D eigenvalue weighted by Gasteiger charge is -2.32. The highest BCUT2D eigenvalue weighted by molar-refractivity contribution is 7.17. The molecular formula is C19H21N3S. The Morgan fingerprint density at radius 3 is 2.48 bits per heavy atom. The van der Waals surface area contributed by atoms with Gasteiger partial charge in [0.15, 0.2) is 0 Å². The van der Waals surface area contributed by atoms with Crippen LogP contribution in [0.5, 0.6) is 0 Å². The number of hydrogen-bond donors (Lipinski definition) is 0. The van der Waals surface area contributed by atoms with Crippen molar-refractivity contribution >= 4 is 27.4 Å². The molecular weight excluding hydrogens is 302 g/mol. The smallest absolute Gasteiger partial charge is 0.225 e. The maximum atomic E-state index is 4.61. The van der Waals surface area contributed by atoms with Crippen molar-refractivity contribution in [1.82, 2.24) is 9.97 Å². The first-order valence-corrected chi connectivity index (χ1v) is 9.12. The van der Waals surface area contributed by atoms with E-state index in [1.807, 2.05) is 31.3 Å². The highest BCUT2D eigenvalue weighted by Crippen LogP contribution is 2.37. The van der Waals surface area contributed by atoms with Crippen molar-refractivity contribution in [3.63, 3.8) is 0 Å². The summed E-state index contributed by atoms with van der Waals surface area (Å²) in [7, 11) is 0. The zero-order chi connectivity index (χ0) is 15.8. The first-order chi connectivity index (χ1) is 11.2. The fourth-order valence-corrected chi connectivity index (χ4v) is 4.60. The molecule has 1 aromatic carbocycles. The van der Waals surface area contributed by atoms with Crippen LogP contribution in [0.4, 0.5) is 5.95 Å². The Morgan fingerprint density at radius 2 is 1.74 bits per heavy atom. The number of fused-ring (bicyclic) bond motifs is 1. The minimum atomic E-state index is 0.660. The van der Waals surface area contributed by atoms with Crippen LogP contribution in [-0.2, 0) is 0 Å². The van der Waals surface area contributed by atoms with Crippen molar-refractivity contribution in [2.24, 2.45) is 0 Å². The molecule has 0 atom stereocenters. The molecule has 0 unspecified atom stereocenters. The van der Waals surface area contributed by atoms with Gasteiger partial charge in [-0.3, -0.25) is 0 Å². The van der Waals surface area contributed by atoms with Gasteiger partial charge in [0.1, 0.15) is 0 Å². The molecule has 0 spiro atoms. The van der Waals surface area contributed by atoms with Gasteiger partial charge < -0.3 is 4.90 Å². The molecule has 4 rings (SSSR count). The van der Waals surface area contributed by atoms with E-state index in [0.29, 0.717) is 5.92 Å². The molecule has 0 radical (unpaired) electrons. The van der Waals surface area contributed by atoms with Gasteiger partial charge in [-0.15, -0.1) is 11.3 Å². The molecule has 1 aliphatic rings. The van der Waals surface area contributed by atoms with Gasteiger partial charge in [-0.05, 0) is 61.1 Å². The van der Waals surface area contributed by atoms with E-state index in [2.05, 4.69) is 44.5 Å². The molecule has 1 fully saturated rings. The van der Waals surface area contributed by atoms with Gasteiger partial charge in [-0.25, -0.2) is 9.97 Å². The van der Waals surface area contributed by atoms with Crippen LogP contribution in [0.25, 0.3) is 10.1 Å². The van der Waals surface area contributed by atoms with E-state index < -0.39 is 0 Å². The van der Waals surface area contributed by atoms with Gasteiger partial charge >= 0.3 is 0 Å². The summed E-state index contributed by atoms with van der Waals surface area (Å²) in [5, 5.41) is 3.80. The average molecular weight is 323 g/mol. The monoisotopic (exact) mass is 323 g/mol. The van der Waals surface area contributed by atoms with E-state index in [9.17, 15) is 0 Å². The lowest BCUT2D eigenvalue weighted by atomic mass is 9.89. The summed E-state index contributed by atoms with van der Waals surface area (Å²) in [6.45, 7) is 6.17. The van der Waals surface area contributed by atoms with Crippen LogP contribution >= 0.6 is 11.3 Å². The molecule has 3 heterocycles. The second-order valence-electron chi connectivity index (χ2n) is 6.40. The van der Waals surface area contributed by atoms with Crippen LogP contribution in [0.1, 0.15) is 35.7 Å². The summed E-state index contributed by atoms with van der Waals surface area (Å²) < 4.78 is 1.41. The molecule has 2 aromatic heterocycles. The highest BCUT2D eigenvalue weighted by atomic mass is 32.1. The predicted octanol–water partition coefficient (Wildman–Crippen LogP) is 4.69. The van der Waals surface area contributed by atoms with Crippen molar-refractivity contribution in [1.29, 1.82) is 0 Å². The fourth-order valence-electron chi connectivity index (χ4n) is 3.55. The number of piperidine rings is 1. The number of benzene rings is 1. The SMILES string of the molecule is Cc1cc(C)nc(N2CCC(c3csc4ccccc34)CC2)n1. The average Bonchev–Trinajstić information content (AvgIpc) is 2.98. The van der Waals surface area contributed by atoms with Gasteiger partial charge in [0.2, 0.25) is 5.95 Å². The number of hydrogen-bond acceptors (Lipinski definition) is 4. The van der Waals surface area contributed by atoms with Crippen LogP contribution in [-0.4, -0.2) is 23.1 Å². The highest BCUT2D eigenvalue weighted by Gasteiger charge is 2.24. The molecule has 3 aromatic rings. The number of nitrogens with zero attached hydrogens (tertiary/aromatic N) is 3. The van der Waals surface area contributed by atoms with E-state index in [1.54, 1.807) is 0 Å². The third kappa shape index (κ3) is 2.83. The zero-order valence-corrected chi connectivity index (χ0v) is 14.4. The molecule has 1 aliphatic heterocycles. The predicted molar refractivity (Wildman–Crippen MR) is 97.5 cm³/mol. The van der Waals surface area contributed by atoms with E-state index >= 15 is 0 Å². The molecule has 0 N–H and O–H groups in total. The number of aromatic nitrogens is 2. The Kier molecular flexibility index (Phi) is 3.77. The lowest BCUT2D eigenvalue weighted by molar-refractivity contribution is 0.502. The van der Waals surface area contributed by atoms with E-state index in [1.165, 1.54) is 28.5 Å². The van der Waals surface area contributed by atoms with Crippen LogP contribution < -0.4 is 4.90 Å². The van der Waals surface area contributed by atoms with Gasteiger partial charge in [-0.1, -0.05) is 18.2 Å². The maximum absolute atomic E-state index is 4.61. The second kappa shape index (κ2) is 5.93. The summed E-state index contributed by atoms with van der Waals surface area (Å²) in [6, 6.07) is 10.8. The Hall–Kier alpha value is -1.94. The molecule has 0 amide bonds. The van der Waals surface area contributed by atoms with Crippen LogP contribution in [0.3, 0.4) is 0 Å². The first kappa shape index (κ1) is 14.6. The van der Waals surface area contributed by atoms with Crippen LogP contribution in [0.15, 0.2) is 35.7 Å². The third-order valence-corrected chi connectivity index (χ3v) is 5.68. The van der Waals surface area contributed by atoms with Crippen molar-refractivity contribution < 1.29 is 0 Å². The normalized spacial score (nSPS) is 16.2.